The van der Waals surface area contributed by atoms with Crippen LogP contribution in [0.25, 0.3) is 0 Å². The van der Waals surface area contributed by atoms with E-state index < -0.39 is 23.0 Å². The van der Waals surface area contributed by atoms with E-state index in [1.807, 2.05) is 0 Å². The number of hydrogen-bond donors (Lipinski definition) is 1. The van der Waals surface area contributed by atoms with Gasteiger partial charge in [-0.3, -0.25) is 4.79 Å². The largest absolute Gasteiger partial charge is 0.416 e. The van der Waals surface area contributed by atoms with E-state index in [-0.39, 0.29) is 23.4 Å². The molecule has 2 aliphatic carbocycles. The smallest absolute Gasteiger partial charge is 0.352 e. The third kappa shape index (κ3) is 5.48. The van der Waals surface area contributed by atoms with Crippen molar-refractivity contribution in [2.45, 2.75) is 89.9 Å². The number of nitrogens with one attached hydrogen (secondary N) is 1. The van der Waals surface area contributed by atoms with Gasteiger partial charge >= 0.3 is 6.18 Å². The lowest BCUT2D eigenvalue weighted by atomic mass is 9.67. The molecule has 2 unspecified atom stereocenters. The van der Waals surface area contributed by atoms with Gasteiger partial charge in [0, 0.05) is 24.5 Å². The predicted molar refractivity (Wildman–Crippen MR) is 145 cm³/mol. The Hall–Kier alpha value is -2.41. The van der Waals surface area contributed by atoms with Gasteiger partial charge in [-0.1, -0.05) is 45.0 Å². The van der Waals surface area contributed by atoms with Crippen molar-refractivity contribution in [3.05, 3.63) is 70.5 Å². The molecule has 2 aromatic rings. The highest BCUT2D eigenvalue weighted by molar-refractivity contribution is 5.83. The number of alkyl halides is 3. The van der Waals surface area contributed by atoms with Crippen LogP contribution in [0.4, 0.5) is 17.6 Å². The van der Waals surface area contributed by atoms with E-state index in [0.29, 0.717) is 23.9 Å². The molecule has 2 aromatic carbocycles. The van der Waals surface area contributed by atoms with Crippen LogP contribution in [0.3, 0.4) is 0 Å². The topological polar surface area (TPSA) is 32.3 Å². The van der Waals surface area contributed by atoms with Crippen molar-refractivity contribution in [2.75, 3.05) is 13.1 Å². The molecule has 1 N–H and O–H groups in total. The number of nitrogens with zero attached hydrogens (tertiary/aromatic N) is 1. The number of fused-ring (bicyclic) bond motifs is 2. The number of amides is 1. The van der Waals surface area contributed by atoms with Gasteiger partial charge in [-0.2, -0.15) is 13.2 Å². The molecule has 1 saturated carbocycles. The summed E-state index contributed by atoms with van der Waals surface area (Å²) in [6.07, 6.45) is 2.04. The summed E-state index contributed by atoms with van der Waals surface area (Å²) in [6.45, 7) is 8.51. The van der Waals surface area contributed by atoms with Gasteiger partial charge in [0.1, 0.15) is 5.82 Å². The van der Waals surface area contributed by atoms with E-state index in [9.17, 15) is 22.4 Å². The number of carbonyl (C=O) groups is 1. The number of rotatable bonds is 6. The Bertz CT molecular complexity index is 1210. The maximum absolute atomic E-state index is 13.9. The van der Waals surface area contributed by atoms with E-state index >= 15 is 0 Å². The molecule has 4 atom stereocenters. The number of hydrogen-bond acceptors (Lipinski definition) is 2. The second-order valence-corrected chi connectivity index (χ2v) is 12.8. The molecule has 1 aliphatic heterocycles. The Balaban J connectivity index is 1.27. The van der Waals surface area contributed by atoms with E-state index in [1.54, 1.807) is 0 Å². The standard InChI is InChI=1S/C32H40F4N2O/c1-21(2)17-30(29(39)37-19-23-14-25(32(34,35)36)16-26(33)15-23)10-9-27(18-30)38-13-12-31(22(3)20-38)11-8-24-6-4-5-7-28(24)31/h4-7,14-16,21-22,27H,8-13,17-20H2,1-3H3,(H,37,39)/t22-,27?,30?,31-/m0/s1. The van der Waals surface area contributed by atoms with Crippen molar-refractivity contribution in [1.29, 1.82) is 0 Å². The van der Waals surface area contributed by atoms with Gasteiger partial charge in [-0.15, -0.1) is 0 Å². The molecule has 5 rings (SSSR count). The van der Waals surface area contributed by atoms with E-state index in [0.717, 1.165) is 63.7 Å². The van der Waals surface area contributed by atoms with E-state index in [2.05, 4.69) is 55.3 Å². The second-order valence-electron chi connectivity index (χ2n) is 12.8. The molecule has 0 bridgehead atoms. The molecule has 2 fully saturated rings. The van der Waals surface area contributed by atoms with Crippen molar-refractivity contribution < 1.29 is 22.4 Å². The van der Waals surface area contributed by atoms with E-state index in [1.165, 1.54) is 17.5 Å². The van der Waals surface area contributed by atoms with Crippen molar-refractivity contribution >= 4 is 5.91 Å². The Morgan fingerprint density at radius 1 is 1.13 bits per heavy atom. The summed E-state index contributed by atoms with van der Waals surface area (Å²) in [7, 11) is 0. The fourth-order valence-electron chi connectivity index (χ4n) is 7.99. The molecule has 3 aliphatic rings. The summed E-state index contributed by atoms with van der Waals surface area (Å²) in [5.41, 5.74) is 1.80. The minimum absolute atomic E-state index is 0.118. The SMILES string of the molecule is CC(C)CC1(C(=O)NCc2cc(F)cc(C(F)(F)F)c2)CCC(N2CC[C@@]3(CCc4ccccc43)[C@@H](C)C2)C1. The quantitative estimate of drug-likeness (QED) is 0.388. The lowest BCUT2D eigenvalue weighted by Crippen LogP contribution is -2.51. The highest BCUT2D eigenvalue weighted by Crippen LogP contribution is 2.51. The molecule has 1 heterocycles. The fourth-order valence-corrected chi connectivity index (χ4v) is 7.99. The normalized spacial score (nSPS) is 29.2. The molecule has 0 radical (unpaired) electrons. The maximum atomic E-state index is 13.9. The van der Waals surface area contributed by atoms with Gasteiger partial charge in [0.15, 0.2) is 0 Å². The van der Waals surface area contributed by atoms with Crippen molar-refractivity contribution in [3.63, 3.8) is 0 Å². The van der Waals surface area contributed by atoms with Gasteiger partial charge in [-0.05, 0) is 98.2 Å². The third-order valence-electron chi connectivity index (χ3n) is 9.81. The average molecular weight is 545 g/mol. The highest BCUT2D eigenvalue weighted by Gasteiger charge is 2.51. The Morgan fingerprint density at radius 2 is 1.90 bits per heavy atom. The zero-order chi connectivity index (χ0) is 28.0. The Morgan fingerprint density at radius 3 is 2.62 bits per heavy atom. The summed E-state index contributed by atoms with van der Waals surface area (Å²) in [5.74, 6) is -0.241. The summed E-state index contributed by atoms with van der Waals surface area (Å²) in [5, 5.41) is 2.88. The minimum atomic E-state index is -4.64. The van der Waals surface area contributed by atoms with Crippen LogP contribution in [0.2, 0.25) is 0 Å². The van der Waals surface area contributed by atoms with Crippen LogP contribution in [0.5, 0.6) is 0 Å². The van der Waals surface area contributed by atoms with Crippen LogP contribution in [-0.4, -0.2) is 29.9 Å². The second kappa shape index (κ2) is 10.5. The van der Waals surface area contributed by atoms with Gasteiger partial charge < -0.3 is 10.2 Å². The van der Waals surface area contributed by atoms with Crippen molar-refractivity contribution in [2.24, 2.45) is 17.3 Å². The van der Waals surface area contributed by atoms with Crippen LogP contribution < -0.4 is 5.32 Å². The predicted octanol–water partition coefficient (Wildman–Crippen LogP) is 7.27. The molecule has 7 heteroatoms. The summed E-state index contributed by atoms with van der Waals surface area (Å²) in [6, 6.07) is 11.7. The average Bonchev–Trinajstić information content (AvgIpc) is 3.47. The molecule has 1 saturated heterocycles. The first kappa shape index (κ1) is 28.1. The first-order chi connectivity index (χ1) is 18.4. The van der Waals surface area contributed by atoms with Crippen LogP contribution in [0, 0.1) is 23.1 Å². The molecular weight excluding hydrogens is 504 g/mol. The zero-order valence-corrected chi connectivity index (χ0v) is 23.2. The Labute approximate surface area is 229 Å². The van der Waals surface area contributed by atoms with Gasteiger partial charge in [0.05, 0.1) is 11.0 Å². The number of benzene rings is 2. The highest BCUT2D eigenvalue weighted by atomic mass is 19.4. The molecule has 39 heavy (non-hydrogen) atoms. The number of aryl methyl sites for hydroxylation is 1. The fraction of sp³-hybridized carbons (Fsp3) is 0.594. The van der Waals surface area contributed by atoms with Crippen molar-refractivity contribution in [1.82, 2.24) is 10.2 Å². The lowest BCUT2D eigenvalue weighted by Gasteiger charge is -2.47. The van der Waals surface area contributed by atoms with Crippen LogP contribution >= 0.6 is 0 Å². The zero-order valence-electron chi connectivity index (χ0n) is 23.2. The monoisotopic (exact) mass is 544 g/mol. The van der Waals surface area contributed by atoms with Crippen LogP contribution in [0.1, 0.15) is 81.5 Å². The summed E-state index contributed by atoms with van der Waals surface area (Å²) in [4.78, 5) is 16.2. The summed E-state index contributed by atoms with van der Waals surface area (Å²) < 4.78 is 53.4. The molecular formula is C32H40F4N2O. The number of likely N-dealkylation sites (tertiary alicyclic amines) is 1. The number of piperidine rings is 1. The third-order valence-corrected chi connectivity index (χ3v) is 9.81. The summed E-state index contributed by atoms with van der Waals surface area (Å²) >= 11 is 0. The minimum Gasteiger partial charge on any atom is -0.352 e. The molecule has 0 aromatic heterocycles. The van der Waals surface area contributed by atoms with Gasteiger partial charge in [-0.25, -0.2) is 4.39 Å². The van der Waals surface area contributed by atoms with Crippen LogP contribution in [0.15, 0.2) is 42.5 Å². The molecule has 3 nitrogen and oxygen atoms in total. The first-order valence-corrected chi connectivity index (χ1v) is 14.4. The van der Waals surface area contributed by atoms with Gasteiger partial charge in [0.2, 0.25) is 5.91 Å². The molecule has 1 amide bonds. The number of carbonyl (C=O) groups excluding carboxylic acids is 1. The molecule has 212 valence electrons. The Kier molecular flexibility index (Phi) is 7.60. The van der Waals surface area contributed by atoms with E-state index in [4.69, 9.17) is 0 Å². The lowest BCUT2D eigenvalue weighted by molar-refractivity contribution is -0.137. The first-order valence-electron chi connectivity index (χ1n) is 14.4. The van der Waals surface area contributed by atoms with Gasteiger partial charge in [0.25, 0.3) is 0 Å². The van der Waals surface area contributed by atoms with Crippen LogP contribution in [-0.2, 0) is 29.4 Å². The van der Waals surface area contributed by atoms with Crippen molar-refractivity contribution in [3.8, 4) is 0 Å². The molecule has 1 spiro atoms. The maximum Gasteiger partial charge on any atom is 0.416 e. The number of halogens is 4.